The van der Waals surface area contributed by atoms with E-state index in [9.17, 15) is 24.0 Å². The average Bonchev–Trinajstić information content (AvgIpc) is 3.06. The zero-order valence-electron chi connectivity index (χ0n) is 17.3. The van der Waals surface area contributed by atoms with Crippen LogP contribution in [0.4, 0.5) is 0 Å². The summed E-state index contributed by atoms with van der Waals surface area (Å²) in [6, 6.07) is 4.16. The third-order valence-electron chi connectivity index (χ3n) is 5.57. The number of ether oxygens (including phenoxy) is 1. The van der Waals surface area contributed by atoms with Gasteiger partial charge in [0.05, 0.1) is 5.92 Å². The van der Waals surface area contributed by atoms with Crippen molar-refractivity contribution in [3.8, 4) is 0 Å². The number of nitrogens with one attached hydrogen (secondary N) is 2. The van der Waals surface area contributed by atoms with Gasteiger partial charge in [-0.15, -0.1) is 0 Å². The third-order valence-corrected chi connectivity index (χ3v) is 5.57. The Bertz CT molecular complexity index is 915. The van der Waals surface area contributed by atoms with Gasteiger partial charge in [0, 0.05) is 45.2 Å². The van der Waals surface area contributed by atoms with Gasteiger partial charge in [-0.05, 0) is 30.0 Å². The molecule has 0 saturated carbocycles. The summed E-state index contributed by atoms with van der Waals surface area (Å²) in [5, 5.41) is 4.99. The van der Waals surface area contributed by atoms with Crippen molar-refractivity contribution in [2.75, 3.05) is 20.3 Å². The van der Waals surface area contributed by atoms with E-state index in [2.05, 4.69) is 10.6 Å². The van der Waals surface area contributed by atoms with Crippen LogP contribution in [0.15, 0.2) is 18.2 Å². The summed E-state index contributed by atoms with van der Waals surface area (Å²) in [7, 11) is 1.57. The molecule has 0 spiro atoms. The molecule has 1 saturated heterocycles. The lowest BCUT2D eigenvalue weighted by molar-refractivity contribution is -0.137. The van der Waals surface area contributed by atoms with Crippen LogP contribution in [0, 0.1) is 0 Å². The molecule has 3 rings (SSSR count). The molecule has 2 aliphatic heterocycles. The molecule has 2 heterocycles. The third kappa shape index (κ3) is 4.91. The lowest BCUT2D eigenvalue weighted by atomic mass is 9.89. The molecule has 4 N–H and O–H groups in total. The van der Waals surface area contributed by atoms with E-state index in [-0.39, 0.29) is 43.5 Å². The van der Waals surface area contributed by atoms with Gasteiger partial charge in [0.15, 0.2) is 0 Å². The fourth-order valence-electron chi connectivity index (χ4n) is 4.00. The van der Waals surface area contributed by atoms with Crippen LogP contribution >= 0.6 is 0 Å². The highest BCUT2D eigenvalue weighted by Gasteiger charge is 2.40. The molecule has 0 radical (unpaired) electrons. The van der Waals surface area contributed by atoms with Crippen molar-refractivity contribution in [3.05, 3.63) is 34.9 Å². The predicted molar refractivity (Wildman–Crippen MR) is 109 cm³/mol. The monoisotopic (exact) mass is 430 g/mol. The highest BCUT2D eigenvalue weighted by molar-refractivity contribution is 6.05. The molecular formula is C21H26N4O6. The number of nitrogens with zero attached hydrogens (tertiary/aromatic N) is 1. The standard InChI is InChI=1S/C21H26N4O6/c1-31-9-3-8-23-18(27)10-14(19(22)28)12-4-2-5-13-15(12)11-25(21(13)30)16-6-7-17(26)24-20(16)29/h2,4-5,14,16H,3,6-11H2,1H3,(H2,22,28)(H,23,27)(H,24,26,29). The number of methoxy groups -OCH3 is 1. The number of fused-ring (bicyclic) bond motifs is 1. The number of hydrogen-bond acceptors (Lipinski definition) is 6. The molecule has 0 aromatic heterocycles. The number of piperidine rings is 1. The van der Waals surface area contributed by atoms with Crippen molar-refractivity contribution in [1.82, 2.24) is 15.5 Å². The zero-order chi connectivity index (χ0) is 22.5. The van der Waals surface area contributed by atoms with Crippen LogP contribution in [0.1, 0.15) is 53.1 Å². The van der Waals surface area contributed by atoms with Gasteiger partial charge >= 0.3 is 0 Å². The molecule has 2 unspecified atom stereocenters. The molecule has 1 aromatic carbocycles. The zero-order valence-corrected chi connectivity index (χ0v) is 17.3. The van der Waals surface area contributed by atoms with Crippen LogP contribution in [-0.2, 0) is 30.5 Å². The number of carbonyl (C=O) groups excluding carboxylic acids is 5. The van der Waals surface area contributed by atoms with Crippen LogP contribution in [0.3, 0.4) is 0 Å². The highest BCUT2D eigenvalue weighted by Crippen LogP contribution is 2.34. The second-order valence-electron chi connectivity index (χ2n) is 7.63. The fraction of sp³-hybridized carbons (Fsp3) is 0.476. The largest absolute Gasteiger partial charge is 0.385 e. The van der Waals surface area contributed by atoms with E-state index in [1.54, 1.807) is 25.3 Å². The Morgan fingerprint density at radius 1 is 1.32 bits per heavy atom. The van der Waals surface area contributed by atoms with Gasteiger partial charge in [0.1, 0.15) is 6.04 Å². The molecule has 31 heavy (non-hydrogen) atoms. The van der Waals surface area contributed by atoms with Crippen molar-refractivity contribution in [1.29, 1.82) is 0 Å². The fourth-order valence-corrected chi connectivity index (χ4v) is 4.00. The summed E-state index contributed by atoms with van der Waals surface area (Å²) in [5.41, 5.74) is 7.04. The number of nitrogens with two attached hydrogens (primary N) is 1. The summed E-state index contributed by atoms with van der Waals surface area (Å²) < 4.78 is 4.94. The van der Waals surface area contributed by atoms with Crippen LogP contribution in [0.25, 0.3) is 0 Å². The summed E-state index contributed by atoms with van der Waals surface area (Å²) >= 11 is 0. The van der Waals surface area contributed by atoms with Crippen LogP contribution in [-0.4, -0.2) is 60.7 Å². The lowest BCUT2D eigenvalue weighted by Crippen LogP contribution is -2.52. The molecule has 1 aromatic rings. The Morgan fingerprint density at radius 2 is 2.10 bits per heavy atom. The van der Waals surface area contributed by atoms with Crippen molar-refractivity contribution < 1.29 is 28.7 Å². The topological polar surface area (TPSA) is 148 Å². The van der Waals surface area contributed by atoms with Crippen LogP contribution in [0.5, 0.6) is 0 Å². The number of primary amides is 1. The van der Waals surface area contributed by atoms with Gasteiger partial charge in [0.25, 0.3) is 5.91 Å². The van der Waals surface area contributed by atoms with E-state index in [0.717, 1.165) is 0 Å². The van der Waals surface area contributed by atoms with Crippen LogP contribution in [0.2, 0.25) is 0 Å². The Hall–Kier alpha value is -3.27. The van der Waals surface area contributed by atoms with E-state index in [1.165, 1.54) is 4.90 Å². The molecule has 2 aliphatic rings. The second-order valence-corrected chi connectivity index (χ2v) is 7.63. The Morgan fingerprint density at radius 3 is 2.77 bits per heavy atom. The van der Waals surface area contributed by atoms with Gasteiger partial charge in [-0.25, -0.2) is 0 Å². The summed E-state index contributed by atoms with van der Waals surface area (Å²) in [5.74, 6) is -3.14. The van der Waals surface area contributed by atoms with E-state index in [0.29, 0.717) is 36.3 Å². The molecular weight excluding hydrogens is 404 g/mol. The molecule has 2 atom stereocenters. The second kappa shape index (κ2) is 9.69. The molecule has 10 heteroatoms. The van der Waals surface area contributed by atoms with Crippen LogP contribution < -0.4 is 16.4 Å². The Kier molecular flexibility index (Phi) is 7.01. The molecule has 0 aliphatic carbocycles. The highest BCUT2D eigenvalue weighted by atomic mass is 16.5. The number of rotatable bonds is 9. The van der Waals surface area contributed by atoms with E-state index in [4.69, 9.17) is 10.5 Å². The maximum absolute atomic E-state index is 12.9. The quantitative estimate of drug-likeness (QED) is 0.357. The van der Waals surface area contributed by atoms with E-state index >= 15 is 0 Å². The molecule has 5 amide bonds. The van der Waals surface area contributed by atoms with Crippen molar-refractivity contribution >= 4 is 29.5 Å². The number of benzene rings is 1. The van der Waals surface area contributed by atoms with E-state index < -0.39 is 23.8 Å². The first-order valence-electron chi connectivity index (χ1n) is 10.1. The molecule has 0 bridgehead atoms. The lowest BCUT2D eigenvalue weighted by Gasteiger charge is -2.29. The maximum Gasteiger partial charge on any atom is 0.255 e. The minimum atomic E-state index is -0.910. The number of hydrogen-bond donors (Lipinski definition) is 3. The van der Waals surface area contributed by atoms with E-state index in [1.807, 2.05) is 0 Å². The molecule has 166 valence electrons. The van der Waals surface area contributed by atoms with Crippen molar-refractivity contribution in [2.45, 2.75) is 44.2 Å². The van der Waals surface area contributed by atoms with Crippen molar-refractivity contribution in [2.24, 2.45) is 5.73 Å². The first-order valence-corrected chi connectivity index (χ1v) is 10.1. The first-order chi connectivity index (χ1) is 14.8. The van der Waals surface area contributed by atoms with Gasteiger partial charge in [-0.2, -0.15) is 0 Å². The summed E-state index contributed by atoms with van der Waals surface area (Å²) in [6.07, 6.45) is 0.879. The molecule has 10 nitrogen and oxygen atoms in total. The summed E-state index contributed by atoms with van der Waals surface area (Å²) in [4.78, 5) is 62.5. The Labute approximate surface area is 179 Å². The van der Waals surface area contributed by atoms with Gasteiger partial charge in [0.2, 0.25) is 23.6 Å². The average molecular weight is 430 g/mol. The number of carbonyl (C=O) groups is 5. The summed E-state index contributed by atoms with van der Waals surface area (Å²) in [6.45, 7) is 1.02. The SMILES string of the molecule is COCCCNC(=O)CC(C(N)=O)c1cccc2c1CN(C1CCC(=O)NC1=O)C2=O. The first kappa shape index (κ1) is 22.4. The van der Waals surface area contributed by atoms with Gasteiger partial charge < -0.3 is 20.7 Å². The normalized spacial score (nSPS) is 19.1. The minimum absolute atomic E-state index is 0.107. The Balaban J connectivity index is 1.79. The smallest absolute Gasteiger partial charge is 0.255 e. The van der Waals surface area contributed by atoms with Crippen molar-refractivity contribution in [3.63, 3.8) is 0 Å². The number of amides is 5. The van der Waals surface area contributed by atoms with Gasteiger partial charge in [-0.3, -0.25) is 29.3 Å². The maximum atomic E-state index is 12.9. The van der Waals surface area contributed by atoms with Gasteiger partial charge in [-0.1, -0.05) is 12.1 Å². The number of imide groups is 1. The molecule has 1 fully saturated rings. The minimum Gasteiger partial charge on any atom is -0.385 e. The predicted octanol–water partition coefficient (Wildman–Crippen LogP) is -0.441.